The van der Waals surface area contributed by atoms with Gasteiger partial charge in [-0.3, -0.25) is 9.69 Å². The number of ether oxygens (including phenoxy) is 2. The minimum Gasteiger partial charge on any atom is -0.496 e. The highest BCUT2D eigenvalue weighted by Gasteiger charge is 2.35. The van der Waals surface area contributed by atoms with Crippen LogP contribution in [0.1, 0.15) is 106 Å². The van der Waals surface area contributed by atoms with Crippen LogP contribution in [-0.2, 0) is 9.53 Å². The molecule has 0 atom stereocenters. The molecule has 2 aromatic heterocycles. The van der Waals surface area contributed by atoms with E-state index in [0.29, 0.717) is 55.8 Å². The van der Waals surface area contributed by atoms with E-state index < -0.39 is 11.7 Å². The van der Waals surface area contributed by atoms with Crippen molar-refractivity contribution in [1.82, 2.24) is 15.3 Å². The van der Waals surface area contributed by atoms with Gasteiger partial charge in [-0.2, -0.15) is 0 Å². The van der Waals surface area contributed by atoms with Crippen LogP contribution in [0.15, 0.2) is 42.7 Å². The van der Waals surface area contributed by atoms with Gasteiger partial charge in [-0.25, -0.2) is 14.8 Å². The number of hydrogen-bond acceptors (Lipinski definition) is 8. The number of hydrogen-bond donors (Lipinski definition) is 2. The van der Waals surface area contributed by atoms with Gasteiger partial charge in [-0.1, -0.05) is 12.1 Å². The molecule has 48 heavy (non-hydrogen) atoms. The number of methoxy groups -OCH3 is 1. The molecule has 2 heterocycles. The highest BCUT2D eigenvalue weighted by Crippen LogP contribution is 2.44. The number of carbonyl (C=O) groups excluding carboxylic acids is 2. The first-order valence-electron chi connectivity index (χ1n) is 17.6. The summed E-state index contributed by atoms with van der Waals surface area (Å²) in [5, 5.41) is 13.7. The zero-order valence-corrected chi connectivity index (χ0v) is 29.6. The summed E-state index contributed by atoms with van der Waals surface area (Å²) in [5.74, 6) is 3.09. The van der Waals surface area contributed by atoms with E-state index in [0.717, 1.165) is 41.9 Å². The zero-order chi connectivity index (χ0) is 33.8. The summed E-state index contributed by atoms with van der Waals surface area (Å²) >= 11 is 1.75. The lowest BCUT2D eigenvalue weighted by Crippen LogP contribution is -2.43. The van der Waals surface area contributed by atoms with Gasteiger partial charge < -0.3 is 19.9 Å². The Morgan fingerprint density at radius 3 is 2.38 bits per heavy atom. The Morgan fingerprint density at radius 2 is 1.71 bits per heavy atom. The van der Waals surface area contributed by atoms with E-state index in [1.54, 1.807) is 32.3 Å². The monoisotopic (exact) mass is 674 g/mol. The number of rotatable bonds is 11. The number of alkyl carbamates (subject to hydrolysis) is 1. The number of nitrogens with zero attached hydrogens (tertiary/aromatic N) is 3. The fourth-order valence-corrected chi connectivity index (χ4v) is 8.26. The van der Waals surface area contributed by atoms with Gasteiger partial charge in [0.15, 0.2) is 0 Å². The lowest BCUT2D eigenvalue weighted by atomic mass is 9.78. The molecule has 6 rings (SSSR count). The number of aryl methyl sites for hydroxylation is 1. The van der Waals surface area contributed by atoms with Gasteiger partial charge in [0.25, 0.3) is 0 Å². The van der Waals surface area contributed by atoms with Crippen LogP contribution in [0.5, 0.6) is 5.75 Å². The second-order valence-corrected chi connectivity index (χ2v) is 15.7. The predicted molar refractivity (Wildman–Crippen MR) is 189 cm³/mol. The van der Waals surface area contributed by atoms with Crippen molar-refractivity contribution in [3.63, 3.8) is 0 Å². The Hall–Kier alpha value is -3.50. The molecule has 0 saturated heterocycles. The van der Waals surface area contributed by atoms with Crippen molar-refractivity contribution in [2.75, 3.05) is 25.1 Å². The van der Waals surface area contributed by atoms with E-state index in [9.17, 15) is 14.7 Å². The second-order valence-electron chi connectivity index (χ2n) is 14.7. The maximum absolute atomic E-state index is 14.4. The van der Waals surface area contributed by atoms with E-state index >= 15 is 0 Å². The van der Waals surface area contributed by atoms with Gasteiger partial charge in [0.05, 0.1) is 22.6 Å². The molecule has 0 unspecified atom stereocenters. The van der Waals surface area contributed by atoms with Gasteiger partial charge in [-0.15, -0.1) is 11.3 Å². The predicted octanol–water partition coefficient (Wildman–Crippen LogP) is 7.76. The molecule has 258 valence electrons. The van der Waals surface area contributed by atoms with Crippen LogP contribution in [0.2, 0.25) is 0 Å². The third-order valence-corrected chi connectivity index (χ3v) is 11.4. The standard InChI is InChI=1S/C38H50N4O5S/c1-24-19-29(13-16-32(24)46-4)26-7-5-25(6-8-26)22-42(34-20-30(17-18-39-34)33-21-40-35(48-33)27-9-10-27)36(43)28-11-14-31(15-12-28)47-37(44)41-23-38(2,3)45/h13,16-21,25-28,31,45H,5-12,14-15,22-23H2,1-4H3,(H,41,44)/t25-,26-,28-,31-. The molecular formula is C38H50N4O5S. The van der Waals surface area contributed by atoms with E-state index in [1.807, 2.05) is 23.4 Å². The summed E-state index contributed by atoms with van der Waals surface area (Å²) in [6, 6.07) is 10.6. The van der Waals surface area contributed by atoms with E-state index in [2.05, 4.69) is 41.5 Å². The molecule has 0 radical (unpaired) electrons. The van der Waals surface area contributed by atoms with E-state index in [4.69, 9.17) is 14.5 Å². The molecule has 2 amide bonds. The Kier molecular flexibility index (Phi) is 10.7. The number of nitrogens with one attached hydrogen (secondary N) is 1. The summed E-state index contributed by atoms with van der Waals surface area (Å²) < 4.78 is 11.1. The normalized spacial score (nSPS) is 22.9. The Labute approximate surface area is 288 Å². The lowest BCUT2D eigenvalue weighted by Gasteiger charge is -2.35. The summed E-state index contributed by atoms with van der Waals surface area (Å²) in [4.78, 5) is 39.2. The highest BCUT2D eigenvalue weighted by atomic mass is 32.1. The largest absolute Gasteiger partial charge is 0.496 e. The molecule has 3 aliphatic rings. The van der Waals surface area contributed by atoms with Crippen LogP contribution in [0.3, 0.4) is 0 Å². The summed E-state index contributed by atoms with van der Waals surface area (Å²) in [6.07, 6.45) is 12.3. The molecule has 10 heteroatoms. The molecule has 9 nitrogen and oxygen atoms in total. The van der Waals surface area contributed by atoms with Gasteiger partial charge >= 0.3 is 6.09 Å². The average molecular weight is 675 g/mol. The van der Waals surface area contributed by atoms with Crippen LogP contribution in [0.4, 0.5) is 10.6 Å². The summed E-state index contributed by atoms with van der Waals surface area (Å²) in [7, 11) is 1.72. The Balaban J connectivity index is 1.14. The number of thiazole rings is 1. The van der Waals surface area contributed by atoms with E-state index in [-0.39, 0.29) is 24.5 Å². The summed E-state index contributed by atoms with van der Waals surface area (Å²) in [5.41, 5.74) is 2.58. The van der Waals surface area contributed by atoms with Crippen molar-refractivity contribution in [2.24, 2.45) is 11.8 Å². The van der Waals surface area contributed by atoms with Crippen LogP contribution in [-0.4, -0.2) is 59.0 Å². The first-order valence-corrected chi connectivity index (χ1v) is 18.4. The molecule has 0 bridgehead atoms. The van der Waals surface area contributed by atoms with Crippen molar-refractivity contribution >= 4 is 29.2 Å². The number of aliphatic hydroxyl groups is 1. The smallest absolute Gasteiger partial charge is 0.407 e. The minimum atomic E-state index is -1.01. The number of benzene rings is 1. The Morgan fingerprint density at radius 1 is 0.979 bits per heavy atom. The van der Waals surface area contributed by atoms with Gasteiger partial charge in [0.2, 0.25) is 5.91 Å². The molecular weight excluding hydrogens is 625 g/mol. The van der Waals surface area contributed by atoms with Crippen LogP contribution < -0.4 is 15.0 Å². The van der Waals surface area contributed by atoms with Crippen LogP contribution >= 0.6 is 11.3 Å². The summed E-state index contributed by atoms with van der Waals surface area (Å²) in [6.45, 7) is 6.14. The lowest BCUT2D eigenvalue weighted by molar-refractivity contribution is -0.124. The first-order chi connectivity index (χ1) is 23.1. The topological polar surface area (TPSA) is 114 Å². The Bertz CT molecular complexity index is 1560. The first kappa shape index (κ1) is 34.4. The second kappa shape index (κ2) is 14.9. The molecule has 2 N–H and O–H groups in total. The number of amides is 2. The van der Waals surface area contributed by atoms with Crippen molar-refractivity contribution < 1.29 is 24.2 Å². The maximum Gasteiger partial charge on any atom is 0.407 e. The molecule has 0 spiro atoms. The van der Waals surface area contributed by atoms with E-state index in [1.165, 1.54) is 29.0 Å². The molecule has 3 fully saturated rings. The molecule has 0 aliphatic heterocycles. The fraction of sp³-hybridized carbons (Fsp3) is 0.579. The van der Waals surface area contributed by atoms with Crippen molar-refractivity contribution in [1.29, 1.82) is 0 Å². The average Bonchev–Trinajstić information content (AvgIpc) is 3.82. The van der Waals surface area contributed by atoms with Crippen LogP contribution in [0.25, 0.3) is 10.4 Å². The fourth-order valence-electron chi connectivity index (χ4n) is 7.18. The van der Waals surface area contributed by atoms with Gasteiger partial charge in [-0.05, 0) is 132 Å². The van der Waals surface area contributed by atoms with Crippen molar-refractivity contribution in [3.8, 4) is 16.2 Å². The van der Waals surface area contributed by atoms with Gasteiger partial charge in [0.1, 0.15) is 17.7 Å². The maximum atomic E-state index is 14.4. The zero-order valence-electron chi connectivity index (χ0n) is 28.7. The molecule has 3 saturated carbocycles. The van der Waals surface area contributed by atoms with Crippen molar-refractivity contribution in [3.05, 3.63) is 58.9 Å². The van der Waals surface area contributed by atoms with Crippen molar-refractivity contribution in [2.45, 2.75) is 109 Å². The van der Waals surface area contributed by atoms with Crippen LogP contribution in [0, 0.1) is 18.8 Å². The number of carbonyl (C=O) groups is 2. The number of anilines is 1. The third kappa shape index (κ3) is 8.74. The molecule has 1 aromatic carbocycles. The SMILES string of the molecule is COc1ccc([C@H]2CC[C@H](CN(c3cc(-c4cnc(C5CC5)s4)ccn3)C(=O)[C@H]3CC[C@H](OC(=O)NCC(C)(C)O)CC3)CC2)cc1C. The molecule has 3 aliphatic carbocycles. The highest BCUT2D eigenvalue weighted by molar-refractivity contribution is 7.15. The number of pyridine rings is 1. The quantitative estimate of drug-likeness (QED) is 0.214. The molecule has 3 aromatic rings. The number of aromatic nitrogens is 2. The minimum absolute atomic E-state index is 0.112. The third-order valence-electron chi connectivity index (χ3n) is 10.2. The van der Waals surface area contributed by atoms with Gasteiger partial charge in [0, 0.05) is 37.3 Å².